The molecule has 0 spiro atoms. The summed E-state index contributed by atoms with van der Waals surface area (Å²) in [5.74, 6) is -0.288. The van der Waals surface area contributed by atoms with Gasteiger partial charge in [-0.1, -0.05) is 160 Å². The van der Waals surface area contributed by atoms with Crippen molar-refractivity contribution in [1.29, 1.82) is 0 Å². The summed E-state index contributed by atoms with van der Waals surface area (Å²) in [4.78, 5) is 13.1. The van der Waals surface area contributed by atoms with E-state index in [0.29, 0.717) is 12.8 Å². The zero-order valence-electron chi connectivity index (χ0n) is 44.1. The van der Waals surface area contributed by atoms with E-state index < -0.39 is 124 Å². The molecule has 3 heterocycles. The van der Waals surface area contributed by atoms with Gasteiger partial charge in [0, 0.05) is 6.42 Å². The van der Waals surface area contributed by atoms with E-state index in [-0.39, 0.29) is 18.9 Å². The molecule has 17 atom stereocenters. The number of ether oxygens (including phenoxy) is 6. The summed E-state index contributed by atoms with van der Waals surface area (Å²) in [6, 6.07) is -0.965. The second-order valence-electron chi connectivity index (χ2n) is 20.4. The predicted molar refractivity (Wildman–Crippen MR) is 273 cm³/mol. The second-order valence-corrected chi connectivity index (χ2v) is 20.4. The Balaban J connectivity index is 1.34. The average molecular weight is 1050 g/mol. The fourth-order valence-corrected chi connectivity index (χ4v) is 9.54. The average Bonchev–Trinajstić information content (AvgIpc) is 3.38. The maximum absolute atomic E-state index is 13.1. The number of carbonyl (C=O) groups is 1. The highest BCUT2D eigenvalue weighted by molar-refractivity contribution is 5.76. The molecule has 3 saturated heterocycles. The van der Waals surface area contributed by atoms with Gasteiger partial charge < -0.3 is 89.9 Å². The minimum atomic E-state index is -1.97. The summed E-state index contributed by atoms with van der Waals surface area (Å²) in [5, 5.41) is 119. The standard InChI is InChI=1S/C54H99NO18/c1-3-5-7-8-9-10-11-12-13-14-15-16-17-18-19-20-21-22-23-24-25-26-27-28-30-32-42(60)55-37(38(59)31-29-6-4-2)36-68-52-48(66)45(63)50(40(34-57)70-52)73-54-49(67)46(64)51(41(35-58)71-54)72-53-47(65)44(62)43(61)39(33-56)69-53/h14-15,29,31,37-41,43-54,56-59,61-67H,3-13,16-28,30,32-36H2,1-2H3,(H,55,60)/b15-14-,31-29+. The van der Waals surface area contributed by atoms with E-state index in [2.05, 4.69) is 24.4 Å². The van der Waals surface area contributed by atoms with E-state index in [9.17, 15) is 61.0 Å². The van der Waals surface area contributed by atoms with Crippen molar-refractivity contribution < 1.29 is 89.4 Å². The SMILES string of the molecule is CCC/C=C/C(O)C(COC1OC(CO)C(OC2OC(CO)C(OC3OC(CO)C(O)C(O)C3O)C(O)C2O)C(O)C1O)NC(=O)CCCCCCCCCCCCCCC/C=C\CCCCCCCCCC. The van der Waals surface area contributed by atoms with Gasteiger partial charge in [-0.2, -0.15) is 0 Å². The van der Waals surface area contributed by atoms with Crippen LogP contribution in [0.2, 0.25) is 0 Å². The van der Waals surface area contributed by atoms with Gasteiger partial charge in [-0.25, -0.2) is 0 Å². The molecule has 3 aliphatic rings. The van der Waals surface area contributed by atoms with E-state index in [1.54, 1.807) is 12.2 Å². The minimum Gasteiger partial charge on any atom is -0.394 e. The molecule has 0 aliphatic carbocycles. The molecule has 3 rings (SSSR count). The Hall–Kier alpha value is -1.73. The van der Waals surface area contributed by atoms with Gasteiger partial charge in [0.15, 0.2) is 18.9 Å². The van der Waals surface area contributed by atoms with Crippen LogP contribution < -0.4 is 5.32 Å². The molecule has 0 radical (unpaired) electrons. The maximum Gasteiger partial charge on any atom is 0.220 e. The normalized spacial score (nSPS) is 31.9. The lowest BCUT2D eigenvalue weighted by molar-refractivity contribution is -0.379. The third-order valence-electron chi connectivity index (χ3n) is 14.2. The first-order chi connectivity index (χ1) is 35.3. The van der Waals surface area contributed by atoms with Gasteiger partial charge in [0.1, 0.15) is 73.2 Å². The van der Waals surface area contributed by atoms with E-state index in [1.807, 2.05) is 6.92 Å². The first kappa shape index (κ1) is 65.6. The van der Waals surface area contributed by atoms with Gasteiger partial charge in [0.2, 0.25) is 5.91 Å². The molecule has 19 nitrogen and oxygen atoms in total. The van der Waals surface area contributed by atoms with E-state index in [4.69, 9.17) is 28.4 Å². The number of allylic oxidation sites excluding steroid dienone is 3. The van der Waals surface area contributed by atoms with Crippen LogP contribution in [0.3, 0.4) is 0 Å². The zero-order chi connectivity index (χ0) is 53.4. The van der Waals surface area contributed by atoms with Crippen molar-refractivity contribution in [2.24, 2.45) is 0 Å². The number of nitrogens with one attached hydrogen (secondary N) is 1. The lowest BCUT2D eigenvalue weighted by Gasteiger charge is -2.48. The Morgan fingerprint density at radius 2 is 0.890 bits per heavy atom. The van der Waals surface area contributed by atoms with Crippen LogP contribution in [-0.4, -0.2) is 193 Å². The molecule has 0 aromatic carbocycles. The number of aliphatic hydroxyl groups excluding tert-OH is 11. The Labute approximate surface area is 435 Å². The van der Waals surface area contributed by atoms with Crippen molar-refractivity contribution in [2.75, 3.05) is 26.4 Å². The van der Waals surface area contributed by atoms with Crippen LogP contribution in [-0.2, 0) is 33.2 Å². The molecule has 0 bridgehead atoms. The van der Waals surface area contributed by atoms with Crippen LogP contribution in [0.4, 0.5) is 0 Å². The van der Waals surface area contributed by atoms with Gasteiger partial charge in [-0.05, 0) is 38.5 Å². The highest BCUT2D eigenvalue weighted by atomic mass is 16.8. The number of rotatable bonds is 40. The first-order valence-corrected chi connectivity index (χ1v) is 28.1. The topological polar surface area (TPSA) is 307 Å². The fourth-order valence-electron chi connectivity index (χ4n) is 9.54. The molecule has 428 valence electrons. The third kappa shape index (κ3) is 23.8. The monoisotopic (exact) mass is 1050 g/mol. The molecular formula is C54H99NO18. The van der Waals surface area contributed by atoms with Crippen LogP contribution in [0.15, 0.2) is 24.3 Å². The number of unbranched alkanes of at least 4 members (excludes halogenated alkanes) is 22. The van der Waals surface area contributed by atoms with Crippen molar-refractivity contribution in [3.8, 4) is 0 Å². The Bertz CT molecular complexity index is 1440. The number of aliphatic hydroxyl groups is 11. The Morgan fingerprint density at radius 1 is 0.479 bits per heavy atom. The van der Waals surface area contributed by atoms with Gasteiger partial charge in [0.25, 0.3) is 0 Å². The summed E-state index contributed by atoms with van der Waals surface area (Å²) in [7, 11) is 0. The fraction of sp³-hybridized carbons (Fsp3) is 0.907. The van der Waals surface area contributed by atoms with Crippen LogP contribution in [0.5, 0.6) is 0 Å². The van der Waals surface area contributed by atoms with Crippen LogP contribution >= 0.6 is 0 Å². The van der Waals surface area contributed by atoms with E-state index >= 15 is 0 Å². The van der Waals surface area contributed by atoms with Gasteiger partial charge in [-0.3, -0.25) is 4.79 Å². The predicted octanol–water partition coefficient (Wildman–Crippen LogP) is 3.59. The molecule has 3 aliphatic heterocycles. The van der Waals surface area contributed by atoms with Crippen molar-refractivity contribution in [3.05, 3.63) is 24.3 Å². The van der Waals surface area contributed by atoms with Crippen LogP contribution in [0, 0.1) is 0 Å². The smallest absolute Gasteiger partial charge is 0.220 e. The van der Waals surface area contributed by atoms with Crippen LogP contribution in [0.1, 0.15) is 181 Å². The Kier molecular flexibility index (Phi) is 34.8. The molecule has 1 amide bonds. The van der Waals surface area contributed by atoms with Crippen LogP contribution in [0.25, 0.3) is 0 Å². The molecule has 0 saturated carbocycles. The summed E-state index contributed by atoms with van der Waals surface area (Å²) < 4.78 is 33.9. The van der Waals surface area contributed by atoms with Crippen molar-refractivity contribution >= 4 is 5.91 Å². The molecule has 17 unspecified atom stereocenters. The number of amides is 1. The van der Waals surface area contributed by atoms with Gasteiger partial charge in [-0.15, -0.1) is 0 Å². The molecule has 19 heteroatoms. The van der Waals surface area contributed by atoms with Gasteiger partial charge >= 0.3 is 0 Å². The molecule has 3 fully saturated rings. The zero-order valence-corrected chi connectivity index (χ0v) is 44.1. The minimum absolute atomic E-state index is 0.242. The van der Waals surface area contributed by atoms with E-state index in [0.717, 1.165) is 25.7 Å². The second kappa shape index (κ2) is 38.8. The highest BCUT2D eigenvalue weighted by Gasteiger charge is 2.53. The van der Waals surface area contributed by atoms with Crippen molar-refractivity contribution in [3.63, 3.8) is 0 Å². The molecule has 73 heavy (non-hydrogen) atoms. The summed E-state index contributed by atoms with van der Waals surface area (Å²) in [6.45, 7) is 1.47. The molecule has 0 aromatic heterocycles. The van der Waals surface area contributed by atoms with Crippen molar-refractivity contribution in [2.45, 2.75) is 285 Å². The molecule has 12 N–H and O–H groups in total. The Morgan fingerprint density at radius 3 is 1.36 bits per heavy atom. The molecular weight excluding hydrogens is 951 g/mol. The summed E-state index contributed by atoms with van der Waals surface area (Å²) in [6.07, 6.45) is 11.7. The highest BCUT2D eigenvalue weighted by Crippen LogP contribution is 2.33. The summed E-state index contributed by atoms with van der Waals surface area (Å²) in [5.41, 5.74) is 0. The third-order valence-corrected chi connectivity index (χ3v) is 14.2. The maximum atomic E-state index is 13.1. The largest absolute Gasteiger partial charge is 0.394 e. The lowest BCUT2D eigenvalue weighted by atomic mass is 9.96. The lowest BCUT2D eigenvalue weighted by Crippen LogP contribution is -2.66. The van der Waals surface area contributed by atoms with Gasteiger partial charge in [0.05, 0.1) is 38.6 Å². The number of hydrogen-bond acceptors (Lipinski definition) is 18. The van der Waals surface area contributed by atoms with Crippen molar-refractivity contribution in [1.82, 2.24) is 5.32 Å². The first-order valence-electron chi connectivity index (χ1n) is 28.1. The molecule has 0 aromatic rings. The quantitative estimate of drug-likeness (QED) is 0.0308. The van der Waals surface area contributed by atoms with E-state index in [1.165, 1.54) is 122 Å². The number of carbonyl (C=O) groups excluding carboxylic acids is 1. The number of hydrogen-bond donors (Lipinski definition) is 12. The summed E-state index contributed by atoms with van der Waals surface area (Å²) >= 11 is 0.